The third-order valence-corrected chi connectivity index (χ3v) is 2.24. The van der Waals surface area contributed by atoms with E-state index >= 15 is 0 Å². The van der Waals surface area contributed by atoms with Crippen LogP contribution in [0.4, 0.5) is 8.78 Å². The molecular weight excluding hydrogens is 208 g/mol. The first-order chi connectivity index (χ1) is 7.70. The summed E-state index contributed by atoms with van der Waals surface area (Å²) in [6, 6.07) is 12.4. The molecule has 0 fully saturated rings. The average molecular weight is 215 g/mol. The lowest BCUT2D eigenvalue weighted by Gasteiger charge is -2.02. The Hall–Kier alpha value is -2.21. The third-order valence-electron chi connectivity index (χ3n) is 2.24. The predicted molar refractivity (Wildman–Crippen MR) is 56.5 cm³/mol. The van der Waals surface area contributed by atoms with Crippen molar-refractivity contribution in [2.45, 2.75) is 0 Å². The summed E-state index contributed by atoms with van der Waals surface area (Å²) in [5.41, 5.74) is 1.73. The molecule has 0 atom stereocenters. The number of nitrogens with zero attached hydrogens (tertiary/aromatic N) is 1. The molecule has 0 bridgehead atoms. The van der Waals surface area contributed by atoms with Crippen LogP contribution in [0.5, 0.6) is 0 Å². The van der Waals surface area contributed by atoms with Crippen LogP contribution in [-0.4, -0.2) is 0 Å². The maximum Gasteiger partial charge on any atom is 0.159 e. The second-order valence-corrected chi connectivity index (χ2v) is 3.32. The van der Waals surface area contributed by atoms with E-state index in [-0.39, 0.29) is 0 Å². The van der Waals surface area contributed by atoms with Crippen molar-refractivity contribution < 1.29 is 8.78 Å². The molecule has 16 heavy (non-hydrogen) atoms. The van der Waals surface area contributed by atoms with Crippen LogP contribution in [-0.2, 0) is 0 Å². The minimum Gasteiger partial charge on any atom is -0.204 e. The Balaban J connectivity index is 2.51. The van der Waals surface area contributed by atoms with Crippen LogP contribution in [0.3, 0.4) is 0 Å². The monoisotopic (exact) mass is 215 g/mol. The van der Waals surface area contributed by atoms with E-state index in [1.54, 1.807) is 24.3 Å². The van der Waals surface area contributed by atoms with Crippen LogP contribution < -0.4 is 0 Å². The van der Waals surface area contributed by atoms with Crippen LogP contribution in [0, 0.1) is 23.0 Å². The second kappa shape index (κ2) is 4.11. The lowest BCUT2D eigenvalue weighted by molar-refractivity contribution is 0.509. The van der Waals surface area contributed by atoms with E-state index in [0.29, 0.717) is 16.7 Å². The summed E-state index contributed by atoms with van der Waals surface area (Å²) >= 11 is 0. The lowest BCUT2D eigenvalue weighted by atomic mass is 10.0. The fourth-order valence-corrected chi connectivity index (χ4v) is 1.44. The fourth-order valence-electron chi connectivity index (χ4n) is 1.44. The summed E-state index contributed by atoms with van der Waals surface area (Å²) < 4.78 is 25.7. The first-order valence-electron chi connectivity index (χ1n) is 4.66. The van der Waals surface area contributed by atoms with Gasteiger partial charge in [0.25, 0.3) is 0 Å². The summed E-state index contributed by atoms with van der Waals surface area (Å²) in [5, 5.41) is 8.72. The first-order valence-corrected chi connectivity index (χ1v) is 4.66. The number of nitriles is 1. The molecule has 2 aromatic rings. The standard InChI is InChI=1S/C13H7F2N/c14-12-5-4-11(7-13(12)15)10-3-1-2-9(6-10)8-16/h1-7H. The Morgan fingerprint density at radius 3 is 2.31 bits per heavy atom. The first kappa shape index (κ1) is 10.3. The highest BCUT2D eigenvalue weighted by atomic mass is 19.2. The molecule has 0 amide bonds. The Labute approximate surface area is 91.6 Å². The Morgan fingerprint density at radius 2 is 1.62 bits per heavy atom. The number of hydrogen-bond acceptors (Lipinski definition) is 1. The van der Waals surface area contributed by atoms with Crippen molar-refractivity contribution in [2.75, 3.05) is 0 Å². The second-order valence-electron chi connectivity index (χ2n) is 3.32. The Bertz CT molecular complexity index is 570. The summed E-state index contributed by atoms with van der Waals surface area (Å²) in [4.78, 5) is 0. The summed E-state index contributed by atoms with van der Waals surface area (Å²) in [7, 11) is 0. The van der Waals surface area contributed by atoms with E-state index in [2.05, 4.69) is 0 Å². The van der Waals surface area contributed by atoms with Gasteiger partial charge in [-0.3, -0.25) is 0 Å². The average Bonchev–Trinajstić information content (AvgIpc) is 2.33. The van der Waals surface area contributed by atoms with Crippen molar-refractivity contribution >= 4 is 0 Å². The van der Waals surface area contributed by atoms with E-state index in [9.17, 15) is 8.78 Å². The molecule has 0 saturated heterocycles. The van der Waals surface area contributed by atoms with Gasteiger partial charge >= 0.3 is 0 Å². The van der Waals surface area contributed by atoms with Crippen molar-refractivity contribution in [3.8, 4) is 17.2 Å². The van der Waals surface area contributed by atoms with Gasteiger partial charge in [-0.05, 0) is 35.4 Å². The van der Waals surface area contributed by atoms with Gasteiger partial charge in [0, 0.05) is 0 Å². The van der Waals surface area contributed by atoms with Crippen molar-refractivity contribution in [1.82, 2.24) is 0 Å². The molecule has 0 saturated carbocycles. The zero-order valence-corrected chi connectivity index (χ0v) is 8.24. The van der Waals surface area contributed by atoms with Gasteiger partial charge in [0.05, 0.1) is 11.6 Å². The van der Waals surface area contributed by atoms with Crippen LogP contribution in [0.25, 0.3) is 11.1 Å². The third kappa shape index (κ3) is 1.91. The van der Waals surface area contributed by atoms with Gasteiger partial charge in [0.15, 0.2) is 11.6 Å². The number of hydrogen-bond donors (Lipinski definition) is 0. The molecule has 78 valence electrons. The van der Waals surface area contributed by atoms with Gasteiger partial charge in [-0.2, -0.15) is 5.26 Å². The van der Waals surface area contributed by atoms with E-state index in [4.69, 9.17) is 5.26 Å². The van der Waals surface area contributed by atoms with Crippen molar-refractivity contribution in [3.63, 3.8) is 0 Å². The van der Waals surface area contributed by atoms with Crippen LogP contribution >= 0.6 is 0 Å². The highest BCUT2D eigenvalue weighted by molar-refractivity contribution is 5.65. The quantitative estimate of drug-likeness (QED) is 0.714. The zero-order chi connectivity index (χ0) is 11.5. The molecule has 0 aliphatic carbocycles. The minimum atomic E-state index is -0.889. The molecular formula is C13H7F2N. The Morgan fingerprint density at radius 1 is 0.875 bits per heavy atom. The fraction of sp³-hybridized carbons (Fsp3) is 0. The maximum atomic E-state index is 13.0. The normalized spacial score (nSPS) is 9.81. The summed E-state index contributed by atoms with van der Waals surface area (Å²) in [6.07, 6.45) is 0. The summed E-state index contributed by atoms with van der Waals surface area (Å²) in [6.45, 7) is 0. The summed E-state index contributed by atoms with van der Waals surface area (Å²) in [5.74, 6) is -1.76. The smallest absolute Gasteiger partial charge is 0.159 e. The Kier molecular flexibility index (Phi) is 2.65. The molecule has 3 heteroatoms. The predicted octanol–water partition coefficient (Wildman–Crippen LogP) is 3.50. The van der Waals surface area contributed by atoms with E-state index in [0.717, 1.165) is 12.1 Å². The molecule has 2 rings (SSSR count). The topological polar surface area (TPSA) is 23.8 Å². The molecule has 0 aliphatic rings. The highest BCUT2D eigenvalue weighted by Gasteiger charge is 2.04. The highest BCUT2D eigenvalue weighted by Crippen LogP contribution is 2.22. The molecule has 0 heterocycles. The molecule has 0 unspecified atom stereocenters. The van der Waals surface area contributed by atoms with E-state index in [1.165, 1.54) is 6.07 Å². The van der Waals surface area contributed by atoms with Crippen LogP contribution in [0.2, 0.25) is 0 Å². The number of halogens is 2. The van der Waals surface area contributed by atoms with Crippen LogP contribution in [0.1, 0.15) is 5.56 Å². The zero-order valence-electron chi connectivity index (χ0n) is 8.24. The molecule has 0 aliphatic heterocycles. The molecule has 2 aromatic carbocycles. The van der Waals surface area contributed by atoms with Crippen molar-refractivity contribution in [2.24, 2.45) is 0 Å². The van der Waals surface area contributed by atoms with Gasteiger partial charge < -0.3 is 0 Å². The molecule has 0 aromatic heterocycles. The minimum absolute atomic E-state index is 0.488. The van der Waals surface area contributed by atoms with E-state index < -0.39 is 11.6 Å². The van der Waals surface area contributed by atoms with Gasteiger partial charge in [0.1, 0.15) is 0 Å². The molecule has 0 N–H and O–H groups in total. The van der Waals surface area contributed by atoms with Gasteiger partial charge in [0.2, 0.25) is 0 Å². The largest absolute Gasteiger partial charge is 0.204 e. The van der Waals surface area contributed by atoms with Gasteiger partial charge in [-0.15, -0.1) is 0 Å². The van der Waals surface area contributed by atoms with Crippen LogP contribution in [0.15, 0.2) is 42.5 Å². The van der Waals surface area contributed by atoms with E-state index in [1.807, 2.05) is 6.07 Å². The lowest BCUT2D eigenvalue weighted by Crippen LogP contribution is -1.86. The number of rotatable bonds is 1. The maximum absolute atomic E-state index is 13.0. The number of benzene rings is 2. The SMILES string of the molecule is N#Cc1cccc(-c2ccc(F)c(F)c2)c1. The molecule has 1 nitrogen and oxygen atoms in total. The molecule has 0 spiro atoms. The van der Waals surface area contributed by atoms with Gasteiger partial charge in [-0.25, -0.2) is 8.78 Å². The molecule has 0 radical (unpaired) electrons. The van der Waals surface area contributed by atoms with Crippen molar-refractivity contribution in [3.05, 3.63) is 59.7 Å². The van der Waals surface area contributed by atoms with Gasteiger partial charge in [-0.1, -0.05) is 18.2 Å². The van der Waals surface area contributed by atoms with Crippen molar-refractivity contribution in [1.29, 1.82) is 5.26 Å².